The van der Waals surface area contributed by atoms with Crippen molar-refractivity contribution in [1.82, 2.24) is 0 Å². The van der Waals surface area contributed by atoms with Gasteiger partial charge in [0.2, 0.25) is 0 Å². The zero-order valence-corrected chi connectivity index (χ0v) is 30.6. The largest absolute Gasteiger partial charge is 0.488 e. The highest BCUT2D eigenvalue weighted by Gasteiger charge is 2.67. The molecule has 43 heavy (non-hydrogen) atoms. The first-order valence-electron chi connectivity index (χ1n) is 17.6. The molecule has 1 aromatic rings. The van der Waals surface area contributed by atoms with E-state index in [9.17, 15) is 9.90 Å². The number of aliphatic hydroxyl groups is 1. The zero-order chi connectivity index (χ0) is 33.2. The molecule has 0 heterocycles. The van der Waals surface area contributed by atoms with Gasteiger partial charge in [0.15, 0.2) is 6.29 Å². The fraction of sp³-hybridized carbons (Fsp3) is 0.821. The van der Waals surface area contributed by atoms with Crippen molar-refractivity contribution in [2.24, 2.45) is 27.6 Å². The van der Waals surface area contributed by atoms with E-state index in [4.69, 9.17) is 9.47 Å². The summed E-state index contributed by atoms with van der Waals surface area (Å²) in [5, 5.41) is 10.0. The SMILES string of the molecule is CCC(C)(CC)CC(Cc1ccc(OC(C)(C)C)cc1)C(CC)(CC)C(CC)(CC)C(C=O)(OCCO)C(C)(CC)CC. The van der Waals surface area contributed by atoms with Crippen LogP contribution in [0.15, 0.2) is 24.3 Å². The Morgan fingerprint density at radius 1 is 0.744 bits per heavy atom. The van der Waals surface area contributed by atoms with Crippen LogP contribution in [0.3, 0.4) is 0 Å². The molecule has 0 aliphatic rings. The summed E-state index contributed by atoms with van der Waals surface area (Å²) in [6, 6.07) is 8.73. The molecule has 4 heteroatoms. The first kappa shape index (κ1) is 39.6. The fourth-order valence-corrected chi connectivity index (χ4v) is 8.83. The van der Waals surface area contributed by atoms with Gasteiger partial charge in [-0.3, -0.25) is 0 Å². The third-order valence-electron chi connectivity index (χ3n) is 12.2. The van der Waals surface area contributed by atoms with E-state index < -0.39 is 11.0 Å². The summed E-state index contributed by atoms with van der Waals surface area (Å²) < 4.78 is 13.0. The van der Waals surface area contributed by atoms with Gasteiger partial charge in [-0.1, -0.05) is 94.2 Å². The van der Waals surface area contributed by atoms with Crippen molar-refractivity contribution in [2.75, 3.05) is 13.2 Å². The summed E-state index contributed by atoms with van der Waals surface area (Å²) in [6.45, 7) is 29.3. The number of rotatable bonds is 21. The Balaban J connectivity index is 4.12. The van der Waals surface area contributed by atoms with Gasteiger partial charge < -0.3 is 19.4 Å². The lowest BCUT2D eigenvalue weighted by Crippen LogP contribution is -2.68. The average Bonchev–Trinajstić information content (AvgIpc) is 3.00. The van der Waals surface area contributed by atoms with E-state index in [1.54, 1.807) is 0 Å². The molecule has 250 valence electrons. The Morgan fingerprint density at radius 2 is 1.26 bits per heavy atom. The summed E-state index contributed by atoms with van der Waals surface area (Å²) in [4.78, 5) is 13.8. The summed E-state index contributed by atoms with van der Waals surface area (Å²) in [7, 11) is 0. The van der Waals surface area contributed by atoms with Crippen molar-refractivity contribution in [2.45, 2.75) is 165 Å². The normalized spacial score (nSPS) is 15.7. The third kappa shape index (κ3) is 7.89. The van der Waals surface area contributed by atoms with Crippen LogP contribution in [0.2, 0.25) is 0 Å². The quantitative estimate of drug-likeness (QED) is 0.142. The van der Waals surface area contributed by atoms with Crippen molar-refractivity contribution in [3.63, 3.8) is 0 Å². The number of hydrogen-bond donors (Lipinski definition) is 1. The standard InChI is InChI=1S/C39H70O4/c1-14-35(12,15-2)29-32(28-31-22-24-33(25-23-31)43-34(9,10)11)37(18-5,19-6)38(20-7,21-8)39(30-41,42-27-26-40)36(13,16-3)17-4/h22-25,30,32,40H,14-21,26-29H2,1-13H3. The first-order chi connectivity index (χ1) is 20.1. The van der Waals surface area contributed by atoms with Crippen molar-refractivity contribution in [3.8, 4) is 5.75 Å². The summed E-state index contributed by atoms with van der Waals surface area (Å²) in [5.41, 5.74) is -0.742. The Labute approximate surface area is 267 Å². The highest BCUT2D eigenvalue weighted by atomic mass is 16.5. The van der Waals surface area contributed by atoms with Crippen LogP contribution in [-0.4, -0.2) is 35.8 Å². The fourth-order valence-electron chi connectivity index (χ4n) is 8.83. The van der Waals surface area contributed by atoms with E-state index in [1.807, 2.05) is 0 Å². The maximum Gasteiger partial charge on any atom is 0.153 e. The molecule has 0 bridgehead atoms. The molecular weight excluding hydrogens is 532 g/mol. The minimum absolute atomic E-state index is 0.0932. The van der Waals surface area contributed by atoms with Gasteiger partial charge in [0.1, 0.15) is 17.0 Å². The second-order valence-corrected chi connectivity index (χ2v) is 14.8. The van der Waals surface area contributed by atoms with Crippen LogP contribution >= 0.6 is 0 Å². The van der Waals surface area contributed by atoms with E-state index in [0.29, 0.717) is 5.92 Å². The van der Waals surface area contributed by atoms with Gasteiger partial charge in [0.25, 0.3) is 0 Å². The van der Waals surface area contributed by atoms with E-state index in [1.165, 1.54) is 11.8 Å². The molecule has 0 fully saturated rings. The van der Waals surface area contributed by atoms with Crippen molar-refractivity contribution in [1.29, 1.82) is 0 Å². The van der Waals surface area contributed by atoms with Crippen LogP contribution in [0, 0.1) is 27.6 Å². The van der Waals surface area contributed by atoms with Gasteiger partial charge in [-0.2, -0.15) is 0 Å². The number of ether oxygens (including phenoxy) is 2. The minimum Gasteiger partial charge on any atom is -0.488 e. The lowest BCUT2D eigenvalue weighted by Gasteiger charge is -2.65. The number of carbonyl (C=O) groups excluding carboxylic acids is 1. The predicted octanol–water partition coefficient (Wildman–Crippen LogP) is 10.6. The summed E-state index contributed by atoms with van der Waals surface area (Å²) in [6.07, 6.45) is 10.7. The smallest absolute Gasteiger partial charge is 0.153 e. The Bertz CT molecular complexity index is 927. The molecule has 0 amide bonds. The highest BCUT2D eigenvalue weighted by Crippen LogP contribution is 2.67. The number of aliphatic hydroxyl groups excluding tert-OH is 1. The van der Waals surface area contributed by atoms with Crippen molar-refractivity contribution < 1.29 is 19.4 Å². The predicted molar refractivity (Wildman–Crippen MR) is 184 cm³/mol. The molecule has 0 aliphatic carbocycles. The number of hydrogen-bond acceptors (Lipinski definition) is 4. The molecule has 0 saturated carbocycles. The minimum atomic E-state index is -1.03. The van der Waals surface area contributed by atoms with Crippen LogP contribution in [0.25, 0.3) is 0 Å². The highest BCUT2D eigenvalue weighted by molar-refractivity contribution is 5.67. The van der Waals surface area contributed by atoms with Crippen LogP contribution < -0.4 is 4.74 Å². The molecule has 2 unspecified atom stereocenters. The lowest BCUT2D eigenvalue weighted by molar-refractivity contribution is -0.249. The van der Waals surface area contributed by atoms with Crippen LogP contribution in [0.5, 0.6) is 5.75 Å². The molecule has 0 aliphatic heterocycles. The molecule has 0 spiro atoms. The van der Waals surface area contributed by atoms with Crippen molar-refractivity contribution >= 4 is 6.29 Å². The van der Waals surface area contributed by atoms with E-state index in [0.717, 1.165) is 70.0 Å². The molecule has 0 saturated heterocycles. The van der Waals surface area contributed by atoms with E-state index in [2.05, 4.69) is 114 Å². The molecule has 1 rings (SSSR count). The Hall–Kier alpha value is -1.39. The van der Waals surface area contributed by atoms with Crippen LogP contribution in [0.1, 0.15) is 153 Å². The zero-order valence-electron chi connectivity index (χ0n) is 30.6. The van der Waals surface area contributed by atoms with Gasteiger partial charge in [0.05, 0.1) is 13.2 Å². The number of benzene rings is 1. The summed E-state index contributed by atoms with van der Waals surface area (Å²) in [5.74, 6) is 1.23. The van der Waals surface area contributed by atoms with Crippen LogP contribution in [0.4, 0.5) is 0 Å². The number of carbonyl (C=O) groups is 1. The van der Waals surface area contributed by atoms with E-state index >= 15 is 0 Å². The molecule has 0 radical (unpaired) electrons. The molecular formula is C39H70O4. The van der Waals surface area contributed by atoms with E-state index in [-0.39, 0.29) is 35.1 Å². The Morgan fingerprint density at radius 3 is 1.60 bits per heavy atom. The molecule has 2 atom stereocenters. The molecule has 0 aromatic heterocycles. The maximum absolute atomic E-state index is 13.8. The number of aldehydes is 1. The van der Waals surface area contributed by atoms with Gasteiger partial charge >= 0.3 is 0 Å². The monoisotopic (exact) mass is 603 g/mol. The molecule has 1 N–H and O–H groups in total. The lowest BCUT2D eigenvalue weighted by atomic mass is 9.41. The second-order valence-electron chi connectivity index (χ2n) is 14.8. The second kappa shape index (κ2) is 16.3. The maximum atomic E-state index is 13.8. The van der Waals surface area contributed by atoms with Crippen molar-refractivity contribution in [3.05, 3.63) is 29.8 Å². The van der Waals surface area contributed by atoms with Gasteiger partial charge in [-0.05, 0) is 107 Å². The third-order valence-corrected chi connectivity index (χ3v) is 12.2. The summed E-state index contributed by atoms with van der Waals surface area (Å²) >= 11 is 0. The van der Waals surface area contributed by atoms with Gasteiger partial charge in [-0.25, -0.2) is 0 Å². The average molecular weight is 603 g/mol. The molecule has 1 aromatic carbocycles. The van der Waals surface area contributed by atoms with Crippen LogP contribution in [-0.2, 0) is 16.0 Å². The first-order valence-corrected chi connectivity index (χ1v) is 17.6. The molecule has 4 nitrogen and oxygen atoms in total. The Kier molecular flexibility index (Phi) is 15.0. The van der Waals surface area contributed by atoms with Gasteiger partial charge in [-0.15, -0.1) is 0 Å². The van der Waals surface area contributed by atoms with Gasteiger partial charge in [0, 0.05) is 10.8 Å². The topological polar surface area (TPSA) is 55.8 Å².